The second-order valence-electron chi connectivity index (χ2n) is 7.46. The fourth-order valence-corrected chi connectivity index (χ4v) is 4.76. The van der Waals surface area contributed by atoms with Crippen LogP contribution in [0.15, 0.2) is 47.5 Å². The maximum absolute atomic E-state index is 13.4. The van der Waals surface area contributed by atoms with Gasteiger partial charge in [-0.25, -0.2) is 4.90 Å². The molecule has 0 radical (unpaired) electrons. The average Bonchev–Trinajstić information content (AvgIpc) is 3.34. The third-order valence-corrected chi connectivity index (χ3v) is 6.40. The van der Waals surface area contributed by atoms with Crippen molar-refractivity contribution in [1.82, 2.24) is 4.90 Å². The Morgan fingerprint density at radius 2 is 1.71 bits per heavy atom. The maximum Gasteiger partial charge on any atom is 0.282 e. The number of likely N-dealkylation sites (tertiary alicyclic amines) is 1. The Morgan fingerprint density at radius 1 is 0.964 bits per heavy atom. The lowest BCUT2D eigenvalue weighted by atomic mass is 10.1. The van der Waals surface area contributed by atoms with Gasteiger partial charge in [0.1, 0.15) is 5.70 Å². The number of imide groups is 1. The van der Waals surface area contributed by atoms with E-state index in [1.54, 1.807) is 0 Å². The van der Waals surface area contributed by atoms with E-state index in [4.69, 9.17) is 0 Å². The topological polar surface area (TPSA) is 40.6 Å². The normalized spacial score (nSPS) is 17.8. The first kappa shape index (κ1) is 18.9. The molecular formula is C23H26N2O2S. The lowest BCUT2D eigenvalue weighted by Gasteiger charge is -2.29. The SMILES string of the molecule is CCCCc1ccc(N2C(=O)C(c3cccs3)=C(N3CCCCC3)C2=O)cc1. The van der Waals surface area contributed by atoms with E-state index in [0.29, 0.717) is 17.0 Å². The van der Waals surface area contributed by atoms with Crippen molar-refractivity contribution in [2.75, 3.05) is 18.0 Å². The monoisotopic (exact) mass is 394 g/mol. The number of anilines is 1. The van der Waals surface area contributed by atoms with Crippen LogP contribution in [0.5, 0.6) is 0 Å². The van der Waals surface area contributed by atoms with Gasteiger partial charge in [-0.15, -0.1) is 11.3 Å². The summed E-state index contributed by atoms with van der Waals surface area (Å²) in [5.41, 5.74) is 3.06. The van der Waals surface area contributed by atoms with Crippen LogP contribution in [0.1, 0.15) is 49.5 Å². The predicted octanol–water partition coefficient (Wildman–Crippen LogP) is 4.86. The van der Waals surface area contributed by atoms with Gasteiger partial charge >= 0.3 is 0 Å². The first-order valence-electron chi connectivity index (χ1n) is 10.2. The van der Waals surface area contributed by atoms with Crippen LogP contribution in [-0.4, -0.2) is 29.8 Å². The fourth-order valence-electron chi connectivity index (χ4n) is 4.00. The number of piperidine rings is 1. The molecule has 0 spiro atoms. The summed E-state index contributed by atoms with van der Waals surface area (Å²) in [4.78, 5) is 31.1. The minimum absolute atomic E-state index is 0.184. The molecule has 4 nitrogen and oxygen atoms in total. The summed E-state index contributed by atoms with van der Waals surface area (Å²) < 4.78 is 0. The fraction of sp³-hybridized carbons (Fsp3) is 0.391. The lowest BCUT2D eigenvalue weighted by Crippen LogP contribution is -2.37. The van der Waals surface area contributed by atoms with Gasteiger partial charge in [0.15, 0.2) is 0 Å². The quantitative estimate of drug-likeness (QED) is 0.657. The third-order valence-electron chi connectivity index (χ3n) is 5.51. The molecule has 28 heavy (non-hydrogen) atoms. The van der Waals surface area contributed by atoms with Crippen LogP contribution in [0.2, 0.25) is 0 Å². The molecule has 0 N–H and O–H groups in total. The van der Waals surface area contributed by atoms with Gasteiger partial charge in [0.05, 0.1) is 11.3 Å². The number of amides is 2. The molecule has 0 atom stereocenters. The van der Waals surface area contributed by atoms with Crippen LogP contribution >= 0.6 is 11.3 Å². The van der Waals surface area contributed by atoms with E-state index in [-0.39, 0.29) is 11.8 Å². The van der Waals surface area contributed by atoms with E-state index >= 15 is 0 Å². The molecule has 1 aromatic carbocycles. The predicted molar refractivity (Wildman–Crippen MR) is 114 cm³/mol. The van der Waals surface area contributed by atoms with E-state index in [2.05, 4.69) is 11.8 Å². The highest BCUT2D eigenvalue weighted by Crippen LogP contribution is 2.37. The lowest BCUT2D eigenvalue weighted by molar-refractivity contribution is -0.120. The second-order valence-corrected chi connectivity index (χ2v) is 8.41. The molecule has 0 bridgehead atoms. The van der Waals surface area contributed by atoms with E-state index in [9.17, 15) is 9.59 Å². The van der Waals surface area contributed by atoms with Crippen molar-refractivity contribution in [1.29, 1.82) is 0 Å². The molecule has 3 heterocycles. The number of benzene rings is 1. The van der Waals surface area contributed by atoms with Crippen molar-refractivity contribution < 1.29 is 9.59 Å². The molecule has 4 rings (SSSR count). The molecule has 146 valence electrons. The van der Waals surface area contributed by atoms with E-state index < -0.39 is 0 Å². The van der Waals surface area contributed by atoms with Gasteiger partial charge in [-0.2, -0.15) is 0 Å². The van der Waals surface area contributed by atoms with Crippen molar-refractivity contribution >= 4 is 34.4 Å². The molecular weight excluding hydrogens is 368 g/mol. The minimum atomic E-state index is -0.200. The molecule has 0 aliphatic carbocycles. The third kappa shape index (κ3) is 3.51. The number of carbonyl (C=O) groups is 2. The van der Waals surface area contributed by atoms with Gasteiger partial charge in [0, 0.05) is 18.0 Å². The highest BCUT2D eigenvalue weighted by atomic mass is 32.1. The van der Waals surface area contributed by atoms with Crippen LogP contribution in [-0.2, 0) is 16.0 Å². The van der Waals surface area contributed by atoms with Gasteiger partial charge in [-0.05, 0) is 61.2 Å². The first-order chi connectivity index (χ1) is 13.7. The Balaban J connectivity index is 1.68. The number of hydrogen-bond acceptors (Lipinski definition) is 4. The van der Waals surface area contributed by atoms with E-state index in [1.165, 1.54) is 28.2 Å². The summed E-state index contributed by atoms with van der Waals surface area (Å²) in [6.07, 6.45) is 6.63. The van der Waals surface area contributed by atoms with Gasteiger partial charge in [0.2, 0.25) is 0 Å². The highest BCUT2D eigenvalue weighted by Gasteiger charge is 2.42. The van der Waals surface area contributed by atoms with Crippen molar-refractivity contribution in [2.24, 2.45) is 0 Å². The molecule has 1 saturated heterocycles. The highest BCUT2D eigenvalue weighted by molar-refractivity contribution is 7.11. The van der Waals surface area contributed by atoms with Gasteiger partial charge in [-0.3, -0.25) is 9.59 Å². The zero-order chi connectivity index (χ0) is 19.5. The largest absolute Gasteiger partial charge is 0.366 e. The van der Waals surface area contributed by atoms with Crippen molar-refractivity contribution in [3.63, 3.8) is 0 Å². The summed E-state index contributed by atoms with van der Waals surface area (Å²) in [5, 5.41) is 1.96. The summed E-state index contributed by atoms with van der Waals surface area (Å²) in [6, 6.07) is 11.8. The average molecular weight is 395 g/mol. The van der Waals surface area contributed by atoms with Crippen LogP contribution in [0.4, 0.5) is 5.69 Å². The molecule has 2 aliphatic heterocycles. The Bertz CT molecular complexity index is 878. The van der Waals surface area contributed by atoms with Crippen molar-refractivity contribution in [2.45, 2.75) is 45.4 Å². The Morgan fingerprint density at radius 3 is 2.36 bits per heavy atom. The molecule has 0 unspecified atom stereocenters. The number of carbonyl (C=O) groups excluding carboxylic acids is 2. The van der Waals surface area contributed by atoms with Gasteiger partial charge < -0.3 is 4.90 Å². The number of nitrogens with zero attached hydrogens (tertiary/aromatic N) is 2. The van der Waals surface area contributed by atoms with Crippen LogP contribution < -0.4 is 4.90 Å². The first-order valence-corrected chi connectivity index (χ1v) is 11.1. The Hall–Kier alpha value is -2.40. The smallest absolute Gasteiger partial charge is 0.282 e. The second kappa shape index (κ2) is 8.31. The van der Waals surface area contributed by atoms with Crippen LogP contribution in [0.25, 0.3) is 5.57 Å². The van der Waals surface area contributed by atoms with Crippen LogP contribution in [0, 0.1) is 0 Å². The standard InChI is InChI=1S/C23H26N2O2S/c1-2-3-8-17-10-12-18(13-11-17)25-22(26)20(19-9-7-16-28-19)21(23(25)27)24-14-5-4-6-15-24/h7,9-13,16H,2-6,8,14-15H2,1H3. The zero-order valence-corrected chi connectivity index (χ0v) is 17.1. The van der Waals surface area contributed by atoms with E-state index in [1.807, 2.05) is 41.8 Å². The van der Waals surface area contributed by atoms with E-state index in [0.717, 1.165) is 50.1 Å². The summed E-state index contributed by atoms with van der Waals surface area (Å²) >= 11 is 1.52. The molecule has 2 aromatic rings. The summed E-state index contributed by atoms with van der Waals surface area (Å²) in [7, 11) is 0. The number of rotatable bonds is 6. The number of unbranched alkanes of at least 4 members (excludes halogenated alkanes) is 1. The molecule has 2 aliphatic rings. The molecule has 0 saturated carbocycles. The zero-order valence-electron chi connectivity index (χ0n) is 16.3. The molecule has 2 amide bonds. The van der Waals surface area contributed by atoms with Gasteiger partial charge in [-0.1, -0.05) is 31.5 Å². The summed E-state index contributed by atoms with van der Waals surface area (Å²) in [6.45, 7) is 3.86. The molecule has 5 heteroatoms. The number of thiophene rings is 1. The van der Waals surface area contributed by atoms with Crippen molar-refractivity contribution in [3.05, 3.63) is 57.9 Å². The maximum atomic E-state index is 13.4. The Kier molecular flexibility index (Phi) is 5.62. The minimum Gasteiger partial charge on any atom is -0.366 e. The Labute approximate surface area is 170 Å². The van der Waals surface area contributed by atoms with Gasteiger partial charge in [0.25, 0.3) is 11.8 Å². The number of hydrogen-bond donors (Lipinski definition) is 0. The van der Waals surface area contributed by atoms with Crippen molar-refractivity contribution in [3.8, 4) is 0 Å². The number of aryl methyl sites for hydroxylation is 1. The van der Waals surface area contributed by atoms with Crippen LogP contribution in [0.3, 0.4) is 0 Å². The molecule has 1 fully saturated rings. The summed E-state index contributed by atoms with van der Waals surface area (Å²) in [5.74, 6) is -0.383. The molecule has 1 aromatic heterocycles.